The van der Waals surface area contributed by atoms with E-state index in [1.807, 2.05) is 0 Å². The van der Waals surface area contributed by atoms with Gasteiger partial charge in [0.25, 0.3) is 0 Å². The van der Waals surface area contributed by atoms with Crippen molar-refractivity contribution in [3.63, 3.8) is 0 Å². The van der Waals surface area contributed by atoms with Gasteiger partial charge in [-0.2, -0.15) is 13.2 Å². The predicted octanol–water partition coefficient (Wildman–Crippen LogP) is 4.15. The Hall–Kier alpha value is -1.56. The number of carbonyl (C=O) groups excluding carboxylic acids is 1. The van der Waals surface area contributed by atoms with E-state index in [2.05, 4.69) is 0 Å². The summed E-state index contributed by atoms with van der Waals surface area (Å²) in [6.07, 6.45) is -4.38. The van der Waals surface area contributed by atoms with E-state index in [-0.39, 0.29) is 31.7 Å². The Morgan fingerprint density at radius 3 is 2.36 bits per heavy atom. The molecule has 0 fully saturated rings. The van der Waals surface area contributed by atoms with Crippen LogP contribution in [0.4, 0.5) is 13.2 Å². The number of benzene rings is 1. The van der Waals surface area contributed by atoms with Gasteiger partial charge in [-0.1, -0.05) is 19.1 Å². The minimum atomic E-state index is -4.35. The summed E-state index contributed by atoms with van der Waals surface area (Å²) in [6.45, 7) is 1.30. The van der Waals surface area contributed by atoms with Crippen LogP contribution in [0.2, 0.25) is 0 Å². The third-order valence-corrected chi connectivity index (χ3v) is 3.38. The first-order valence-electron chi connectivity index (χ1n) is 7.16. The van der Waals surface area contributed by atoms with Crippen LogP contribution >= 0.6 is 0 Å². The van der Waals surface area contributed by atoms with Crippen molar-refractivity contribution >= 4 is 5.78 Å². The van der Waals surface area contributed by atoms with Gasteiger partial charge < -0.3 is 9.47 Å². The number of halogens is 3. The molecule has 0 aliphatic carbocycles. The van der Waals surface area contributed by atoms with Crippen LogP contribution < -0.4 is 4.74 Å². The van der Waals surface area contributed by atoms with Gasteiger partial charge in [-0.3, -0.25) is 4.79 Å². The Bertz CT molecular complexity index is 455. The second-order valence-electron chi connectivity index (χ2n) is 5.03. The van der Waals surface area contributed by atoms with Crippen LogP contribution in [0.15, 0.2) is 24.3 Å². The van der Waals surface area contributed by atoms with Crippen LogP contribution in [0.3, 0.4) is 0 Å². The first kappa shape index (κ1) is 18.5. The Kier molecular flexibility index (Phi) is 7.38. The molecule has 1 aromatic carbocycles. The summed E-state index contributed by atoms with van der Waals surface area (Å²) in [5.41, 5.74) is 0.770. The first-order valence-corrected chi connectivity index (χ1v) is 7.16. The molecule has 124 valence electrons. The zero-order valence-corrected chi connectivity index (χ0v) is 12.8. The van der Waals surface area contributed by atoms with Crippen molar-refractivity contribution in [1.29, 1.82) is 0 Å². The molecule has 0 aliphatic rings. The molecule has 0 N–H and O–H groups in total. The minimum Gasteiger partial charge on any atom is -0.497 e. The van der Waals surface area contributed by atoms with Gasteiger partial charge in [-0.05, 0) is 24.1 Å². The van der Waals surface area contributed by atoms with E-state index in [0.717, 1.165) is 5.56 Å². The number of carbonyl (C=O) groups is 1. The third kappa shape index (κ3) is 6.47. The normalized spacial score (nSPS) is 13.0. The van der Waals surface area contributed by atoms with Gasteiger partial charge >= 0.3 is 6.18 Å². The number of alkyl halides is 3. The van der Waals surface area contributed by atoms with E-state index in [0.29, 0.717) is 5.75 Å². The van der Waals surface area contributed by atoms with Crippen molar-refractivity contribution in [2.24, 2.45) is 5.92 Å². The topological polar surface area (TPSA) is 35.5 Å². The zero-order chi connectivity index (χ0) is 16.6. The average Bonchev–Trinajstić information content (AvgIpc) is 2.49. The van der Waals surface area contributed by atoms with Crippen LogP contribution in [0.1, 0.15) is 31.7 Å². The number of hydrogen-bond acceptors (Lipinski definition) is 3. The molecule has 0 spiro atoms. The Balaban J connectivity index is 2.46. The highest BCUT2D eigenvalue weighted by Gasteiger charge is 2.39. The van der Waals surface area contributed by atoms with Gasteiger partial charge in [0.15, 0.2) is 0 Å². The van der Waals surface area contributed by atoms with E-state index in [4.69, 9.17) is 9.47 Å². The van der Waals surface area contributed by atoms with E-state index < -0.39 is 18.7 Å². The molecule has 0 radical (unpaired) electrons. The van der Waals surface area contributed by atoms with Crippen molar-refractivity contribution in [1.82, 2.24) is 0 Å². The molecule has 0 aromatic heterocycles. The Morgan fingerprint density at radius 2 is 1.86 bits per heavy atom. The predicted molar refractivity (Wildman–Crippen MR) is 76.7 cm³/mol. The molecule has 22 heavy (non-hydrogen) atoms. The van der Waals surface area contributed by atoms with E-state index in [1.165, 1.54) is 7.11 Å². The van der Waals surface area contributed by atoms with Crippen LogP contribution in [-0.2, 0) is 16.1 Å². The zero-order valence-electron chi connectivity index (χ0n) is 12.8. The summed E-state index contributed by atoms with van der Waals surface area (Å²) < 4.78 is 48.8. The second kappa shape index (κ2) is 8.78. The summed E-state index contributed by atoms with van der Waals surface area (Å²) in [5, 5.41) is 0. The van der Waals surface area contributed by atoms with Crippen LogP contribution in [0.5, 0.6) is 5.75 Å². The highest BCUT2D eigenvalue weighted by atomic mass is 19.4. The standard InChI is InChI=1S/C16H21F3O3/c1-3-14(20)7-6-13(16(17,18)19)11-22-10-12-4-8-15(21-2)9-5-12/h4-5,8-9,13H,3,6-7,10-11H2,1-2H3/t13-/m1/s1. The monoisotopic (exact) mass is 318 g/mol. The maximum absolute atomic E-state index is 12.9. The largest absolute Gasteiger partial charge is 0.497 e. The highest BCUT2D eigenvalue weighted by Crippen LogP contribution is 2.30. The molecule has 0 unspecified atom stereocenters. The summed E-state index contributed by atoms with van der Waals surface area (Å²) in [4.78, 5) is 11.2. The third-order valence-electron chi connectivity index (χ3n) is 3.38. The summed E-state index contributed by atoms with van der Waals surface area (Å²) >= 11 is 0. The molecule has 6 heteroatoms. The van der Waals surface area contributed by atoms with Gasteiger partial charge in [0.2, 0.25) is 0 Å². The summed E-state index contributed by atoms with van der Waals surface area (Å²) in [7, 11) is 1.54. The Labute approximate surface area is 128 Å². The number of ether oxygens (including phenoxy) is 2. The van der Waals surface area contributed by atoms with Crippen LogP contribution in [0.25, 0.3) is 0 Å². The maximum Gasteiger partial charge on any atom is 0.394 e. The Morgan fingerprint density at radius 1 is 1.23 bits per heavy atom. The molecule has 0 saturated heterocycles. The number of hydrogen-bond donors (Lipinski definition) is 0. The van der Waals surface area contributed by atoms with Gasteiger partial charge in [0.1, 0.15) is 11.5 Å². The van der Waals surface area contributed by atoms with E-state index in [1.54, 1.807) is 31.2 Å². The maximum atomic E-state index is 12.9. The number of methoxy groups -OCH3 is 1. The number of rotatable bonds is 9. The molecule has 1 atom stereocenters. The number of ketones is 1. The molecule has 3 nitrogen and oxygen atoms in total. The van der Waals surface area contributed by atoms with Crippen molar-refractivity contribution in [3.05, 3.63) is 29.8 Å². The molecule has 1 aromatic rings. The van der Waals surface area contributed by atoms with Crippen molar-refractivity contribution in [3.8, 4) is 5.75 Å². The first-order chi connectivity index (χ1) is 10.4. The minimum absolute atomic E-state index is 0.0629. The lowest BCUT2D eigenvalue weighted by atomic mass is 10.0. The van der Waals surface area contributed by atoms with Crippen molar-refractivity contribution in [2.75, 3.05) is 13.7 Å². The molecule has 0 saturated carbocycles. The lowest BCUT2D eigenvalue weighted by Crippen LogP contribution is -2.28. The smallest absolute Gasteiger partial charge is 0.394 e. The summed E-state index contributed by atoms with van der Waals surface area (Å²) in [6, 6.07) is 6.92. The molecule has 0 amide bonds. The average molecular weight is 318 g/mol. The van der Waals surface area contributed by atoms with E-state index in [9.17, 15) is 18.0 Å². The van der Waals surface area contributed by atoms with Gasteiger partial charge in [-0.25, -0.2) is 0 Å². The lowest BCUT2D eigenvalue weighted by Gasteiger charge is -2.20. The molecule has 0 aliphatic heterocycles. The molecular weight excluding hydrogens is 297 g/mol. The van der Waals surface area contributed by atoms with Crippen LogP contribution in [0, 0.1) is 5.92 Å². The van der Waals surface area contributed by atoms with E-state index >= 15 is 0 Å². The second-order valence-corrected chi connectivity index (χ2v) is 5.03. The number of Topliss-reactive ketones (excluding diaryl/α,β-unsaturated/α-hetero) is 1. The van der Waals surface area contributed by atoms with Gasteiger partial charge in [-0.15, -0.1) is 0 Å². The summed E-state index contributed by atoms with van der Waals surface area (Å²) in [5.74, 6) is -1.10. The molecule has 0 heterocycles. The van der Waals surface area contributed by atoms with Crippen molar-refractivity contribution < 1.29 is 27.4 Å². The molecular formula is C16H21F3O3. The fourth-order valence-corrected chi connectivity index (χ4v) is 1.89. The quantitative estimate of drug-likeness (QED) is 0.686. The fraction of sp³-hybridized carbons (Fsp3) is 0.562. The SMILES string of the molecule is CCC(=O)CC[C@H](COCc1ccc(OC)cc1)C(F)(F)F. The molecule has 0 bridgehead atoms. The lowest BCUT2D eigenvalue weighted by molar-refractivity contribution is -0.191. The van der Waals surface area contributed by atoms with Crippen molar-refractivity contribution in [2.45, 2.75) is 39.0 Å². The molecule has 1 rings (SSSR count). The van der Waals surface area contributed by atoms with Gasteiger partial charge in [0.05, 0.1) is 26.2 Å². The van der Waals surface area contributed by atoms with Crippen LogP contribution in [-0.4, -0.2) is 25.7 Å². The highest BCUT2D eigenvalue weighted by molar-refractivity contribution is 5.77. The fourth-order valence-electron chi connectivity index (χ4n) is 1.89. The van der Waals surface area contributed by atoms with Gasteiger partial charge in [0, 0.05) is 12.8 Å².